The lowest BCUT2D eigenvalue weighted by Crippen LogP contribution is -2.25. The van der Waals surface area contributed by atoms with Crippen LogP contribution in [0.4, 0.5) is 5.82 Å². The van der Waals surface area contributed by atoms with Crippen LogP contribution in [-0.4, -0.2) is 23.2 Å². The summed E-state index contributed by atoms with van der Waals surface area (Å²) in [4.78, 5) is 28.5. The van der Waals surface area contributed by atoms with Crippen molar-refractivity contribution >= 4 is 28.3 Å². The number of carbonyl (C=O) groups is 2. The monoisotopic (exact) mass is 226 g/mol. The minimum absolute atomic E-state index is 0.00545. The summed E-state index contributed by atoms with van der Waals surface area (Å²) in [5.74, 6) is 0.335. The van der Waals surface area contributed by atoms with Crippen LogP contribution in [0, 0.1) is 0 Å². The lowest BCUT2D eigenvalue weighted by Gasteiger charge is -2.13. The van der Waals surface area contributed by atoms with Crippen LogP contribution < -0.4 is 4.90 Å². The van der Waals surface area contributed by atoms with Crippen LogP contribution >= 0.6 is 0 Å². The van der Waals surface area contributed by atoms with Crippen molar-refractivity contribution in [1.29, 1.82) is 0 Å². The highest BCUT2D eigenvalue weighted by Gasteiger charge is 2.29. The fourth-order valence-corrected chi connectivity index (χ4v) is 2.01. The first-order chi connectivity index (χ1) is 8.24. The number of fused-ring (bicyclic) bond motifs is 1. The number of hydrogen-bond donors (Lipinski definition) is 0. The number of anilines is 1. The molecule has 1 saturated heterocycles. The zero-order valence-electron chi connectivity index (χ0n) is 9.09. The summed E-state index contributed by atoms with van der Waals surface area (Å²) in [5, 5.41) is 2.04. The molecule has 17 heavy (non-hydrogen) atoms. The van der Waals surface area contributed by atoms with Gasteiger partial charge in [-0.15, -0.1) is 0 Å². The lowest BCUT2D eigenvalue weighted by atomic mass is 10.2. The van der Waals surface area contributed by atoms with Crippen LogP contribution in [-0.2, 0) is 9.59 Å². The predicted octanol–water partition coefficient (Wildman–Crippen LogP) is 1.54. The fourth-order valence-electron chi connectivity index (χ4n) is 2.01. The number of aromatic nitrogens is 1. The Bertz CT molecular complexity index is 622. The molecule has 0 bridgehead atoms. The third-order valence-electron chi connectivity index (χ3n) is 2.88. The van der Waals surface area contributed by atoms with E-state index in [1.54, 1.807) is 6.20 Å². The van der Waals surface area contributed by atoms with E-state index in [0.29, 0.717) is 5.82 Å². The van der Waals surface area contributed by atoms with Crippen molar-refractivity contribution in [1.82, 2.24) is 4.98 Å². The Kier molecular flexibility index (Phi) is 2.14. The number of ketones is 1. The van der Waals surface area contributed by atoms with Crippen LogP contribution in [0.5, 0.6) is 0 Å². The first kappa shape index (κ1) is 9.96. The van der Waals surface area contributed by atoms with Crippen molar-refractivity contribution in [3.05, 3.63) is 36.5 Å². The van der Waals surface area contributed by atoms with Crippen LogP contribution in [0.3, 0.4) is 0 Å². The zero-order chi connectivity index (χ0) is 11.8. The lowest BCUT2D eigenvalue weighted by molar-refractivity contribution is -0.121. The van der Waals surface area contributed by atoms with Crippen LogP contribution in [0.1, 0.15) is 6.42 Å². The highest BCUT2D eigenvalue weighted by Crippen LogP contribution is 2.22. The largest absolute Gasteiger partial charge is 0.297 e. The smallest absolute Gasteiger partial charge is 0.236 e. The number of pyridine rings is 1. The Morgan fingerprint density at radius 2 is 1.88 bits per heavy atom. The van der Waals surface area contributed by atoms with Gasteiger partial charge in [0, 0.05) is 11.6 Å². The minimum Gasteiger partial charge on any atom is -0.297 e. The summed E-state index contributed by atoms with van der Waals surface area (Å²) in [6.45, 7) is 0.143. The van der Waals surface area contributed by atoms with Crippen LogP contribution in [0.25, 0.3) is 10.8 Å². The molecule has 0 aliphatic carbocycles. The molecule has 2 heterocycles. The molecule has 0 atom stereocenters. The first-order valence-corrected chi connectivity index (χ1v) is 5.41. The van der Waals surface area contributed by atoms with Gasteiger partial charge in [-0.1, -0.05) is 24.3 Å². The quantitative estimate of drug-likeness (QED) is 0.693. The molecule has 1 aliphatic heterocycles. The summed E-state index contributed by atoms with van der Waals surface area (Å²) in [6, 6.07) is 9.63. The number of benzene rings is 1. The number of nitrogens with zero attached hydrogens (tertiary/aromatic N) is 2. The fraction of sp³-hybridized carbons (Fsp3) is 0.154. The molecular weight excluding hydrogens is 216 g/mol. The highest BCUT2D eigenvalue weighted by atomic mass is 16.2. The molecule has 1 aromatic carbocycles. The molecule has 0 saturated carbocycles. The van der Waals surface area contributed by atoms with E-state index >= 15 is 0 Å². The van der Waals surface area contributed by atoms with E-state index < -0.39 is 0 Å². The van der Waals surface area contributed by atoms with E-state index in [9.17, 15) is 9.59 Å². The minimum atomic E-state index is -0.169. The SMILES string of the molecule is O=C1CC(=O)N(c2cc3ccccc3cn2)C1. The van der Waals surface area contributed by atoms with Crippen molar-refractivity contribution in [3.63, 3.8) is 0 Å². The zero-order valence-corrected chi connectivity index (χ0v) is 9.09. The van der Waals surface area contributed by atoms with Crippen LogP contribution in [0.2, 0.25) is 0 Å². The van der Waals surface area contributed by atoms with Gasteiger partial charge < -0.3 is 0 Å². The van der Waals surface area contributed by atoms with E-state index in [-0.39, 0.29) is 24.7 Å². The summed E-state index contributed by atoms with van der Waals surface area (Å²) in [5.41, 5.74) is 0. The molecule has 0 N–H and O–H groups in total. The Morgan fingerprint density at radius 3 is 2.59 bits per heavy atom. The molecule has 3 rings (SSSR count). The number of amides is 1. The van der Waals surface area contributed by atoms with Gasteiger partial charge in [0.15, 0.2) is 5.78 Å². The number of hydrogen-bond acceptors (Lipinski definition) is 3. The van der Waals surface area contributed by atoms with Crippen LogP contribution in [0.15, 0.2) is 36.5 Å². The number of Topliss-reactive ketones (excluding diaryl/α,β-unsaturated/α-hetero) is 1. The summed E-state index contributed by atoms with van der Waals surface area (Å²) in [6.07, 6.45) is 1.72. The Morgan fingerprint density at radius 1 is 1.12 bits per heavy atom. The molecule has 0 radical (unpaired) electrons. The summed E-state index contributed by atoms with van der Waals surface area (Å²) in [7, 11) is 0. The molecular formula is C13H10N2O2. The van der Waals surface area contributed by atoms with Crippen molar-refractivity contribution < 1.29 is 9.59 Å². The molecule has 84 valence electrons. The molecule has 1 amide bonds. The normalized spacial score (nSPS) is 15.9. The Balaban J connectivity index is 2.06. The maximum absolute atomic E-state index is 11.6. The maximum Gasteiger partial charge on any atom is 0.236 e. The topological polar surface area (TPSA) is 50.3 Å². The second-order valence-corrected chi connectivity index (χ2v) is 4.08. The molecule has 4 nitrogen and oxygen atoms in total. The van der Waals surface area contributed by atoms with Gasteiger partial charge in [-0.05, 0) is 11.5 Å². The van der Waals surface area contributed by atoms with E-state index in [4.69, 9.17) is 0 Å². The third-order valence-corrected chi connectivity index (χ3v) is 2.88. The molecule has 0 spiro atoms. The van der Waals surface area contributed by atoms with Gasteiger partial charge in [0.1, 0.15) is 5.82 Å². The predicted molar refractivity (Wildman–Crippen MR) is 63.7 cm³/mol. The maximum atomic E-state index is 11.6. The highest BCUT2D eigenvalue weighted by molar-refractivity contribution is 6.15. The van der Waals surface area contributed by atoms with Crippen molar-refractivity contribution in [2.24, 2.45) is 0 Å². The Hall–Kier alpha value is -2.23. The molecule has 1 aromatic heterocycles. The Labute approximate surface area is 97.9 Å². The van der Waals surface area contributed by atoms with Gasteiger partial charge in [-0.3, -0.25) is 14.5 Å². The summed E-state index contributed by atoms with van der Waals surface area (Å²) < 4.78 is 0. The van der Waals surface area contributed by atoms with E-state index in [1.165, 1.54) is 4.90 Å². The molecule has 1 aliphatic rings. The molecule has 0 unspecified atom stereocenters. The third kappa shape index (κ3) is 1.67. The van der Waals surface area contributed by atoms with E-state index in [1.807, 2.05) is 30.3 Å². The van der Waals surface area contributed by atoms with Crippen molar-refractivity contribution in [3.8, 4) is 0 Å². The van der Waals surface area contributed by atoms with Gasteiger partial charge in [-0.25, -0.2) is 4.98 Å². The van der Waals surface area contributed by atoms with E-state index in [2.05, 4.69) is 4.98 Å². The molecule has 1 fully saturated rings. The van der Waals surface area contributed by atoms with Gasteiger partial charge in [0.05, 0.1) is 13.0 Å². The average Bonchev–Trinajstić information content (AvgIpc) is 2.68. The van der Waals surface area contributed by atoms with Gasteiger partial charge in [-0.2, -0.15) is 0 Å². The first-order valence-electron chi connectivity index (χ1n) is 5.41. The molecule has 4 heteroatoms. The second kappa shape index (κ2) is 3.66. The van der Waals surface area contributed by atoms with E-state index in [0.717, 1.165) is 10.8 Å². The molecule has 2 aromatic rings. The number of carbonyl (C=O) groups excluding carboxylic acids is 2. The second-order valence-electron chi connectivity index (χ2n) is 4.08. The van der Waals surface area contributed by atoms with Gasteiger partial charge in [0.25, 0.3) is 0 Å². The standard InChI is InChI=1S/C13H10N2O2/c16-11-6-13(17)15(8-11)12-5-9-3-1-2-4-10(9)7-14-12/h1-5,7H,6,8H2. The van der Waals surface area contributed by atoms with Crippen molar-refractivity contribution in [2.45, 2.75) is 6.42 Å². The van der Waals surface area contributed by atoms with Crippen molar-refractivity contribution in [2.75, 3.05) is 11.4 Å². The van der Waals surface area contributed by atoms with Gasteiger partial charge in [0.2, 0.25) is 5.91 Å². The summed E-state index contributed by atoms with van der Waals surface area (Å²) >= 11 is 0. The number of rotatable bonds is 1. The van der Waals surface area contributed by atoms with Gasteiger partial charge >= 0.3 is 0 Å². The average molecular weight is 226 g/mol.